The Morgan fingerprint density at radius 3 is 2.57 bits per heavy atom. The van der Waals surface area contributed by atoms with Gasteiger partial charge >= 0.3 is 0 Å². The number of aryl methyl sites for hydroxylation is 1. The Hall–Kier alpha value is -1.29. The summed E-state index contributed by atoms with van der Waals surface area (Å²) < 4.78 is 2.28. The van der Waals surface area contributed by atoms with Crippen LogP contribution in [0.15, 0.2) is 12.3 Å². The molecule has 4 rings (SSSR count). The van der Waals surface area contributed by atoms with Crippen LogP contribution in [0.2, 0.25) is 0 Å². The molecule has 0 aromatic carbocycles. The van der Waals surface area contributed by atoms with Crippen molar-refractivity contribution in [1.82, 2.24) is 14.4 Å². The van der Waals surface area contributed by atoms with E-state index >= 15 is 0 Å². The summed E-state index contributed by atoms with van der Waals surface area (Å²) in [5.74, 6) is 0.267. The second kappa shape index (κ2) is 5.66. The van der Waals surface area contributed by atoms with Crippen molar-refractivity contribution in [2.75, 3.05) is 26.2 Å². The molecule has 0 atom stereocenters. The molecule has 0 unspecified atom stereocenters. The number of carbonyl (C=O) groups excluding carboxylic acids is 1. The number of carbonyl (C=O) groups is 1. The molecule has 3 aliphatic heterocycles. The van der Waals surface area contributed by atoms with Crippen molar-refractivity contribution in [3.63, 3.8) is 0 Å². The number of rotatable bonds is 2. The van der Waals surface area contributed by atoms with Gasteiger partial charge in [-0.15, -0.1) is 0 Å². The maximum atomic E-state index is 12.9. The Bertz CT molecular complexity index is 588. The van der Waals surface area contributed by atoms with Gasteiger partial charge in [0, 0.05) is 50.7 Å². The van der Waals surface area contributed by atoms with Crippen molar-refractivity contribution in [3.05, 3.63) is 23.5 Å². The fourth-order valence-electron chi connectivity index (χ4n) is 4.68. The van der Waals surface area contributed by atoms with E-state index in [0.29, 0.717) is 11.5 Å². The second-order valence-corrected chi connectivity index (χ2v) is 8.42. The molecule has 3 aliphatic rings. The van der Waals surface area contributed by atoms with Crippen LogP contribution in [0.1, 0.15) is 55.6 Å². The highest BCUT2D eigenvalue weighted by Gasteiger charge is 2.39. The number of aromatic nitrogens is 1. The van der Waals surface area contributed by atoms with E-state index in [1.165, 1.54) is 31.6 Å². The standard InChI is InChI=1S/C19H29N3O/c1-19(2)13-22(14-19)15-6-10-21(11-7-15)18(23)16-8-12-20-9-4-3-5-17(16)20/h8,12,15H,3-7,9-11,13-14H2,1-2H3. The van der Waals surface area contributed by atoms with Crippen molar-refractivity contribution < 1.29 is 4.79 Å². The summed E-state index contributed by atoms with van der Waals surface area (Å²) in [6.45, 7) is 10.1. The Labute approximate surface area is 139 Å². The maximum Gasteiger partial charge on any atom is 0.255 e. The molecule has 2 fully saturated rings. The van der Waals surface area contributed by atoms with Crippen molar-refractivity contribution in [2.45, 2.75) is 58.5 Å². The molecule has 0 aliphatic carbocycles. The first-order chi connectivity index (χ1) is 11.0. The van der Waals surface area contributed by atoms with Gasteiger partial charge in [-0.05, 0) is 43.6 Å². The molecule has 0 spiro atoms. The van der Waals surface area contributed by atoms with Gasteiger partial charge < -0.3 is 9.47 Å². The summed E-state index contributed by atoms with van der Waals surface area (Å²) in [5, 5.41) is 0. The van der Waals surface area contributed by atoms with Crippen LogP contribution in [0.4, 0.5) is 0 Å². The van der Waals surface area contributed by atoms with Gasteiger partial charge in [0.2, 0.25) is 0 Å². The van der Waals surface area contributed by atoms with Gasteiger partial charge in [-0.3, -0.25) is 9.69 Å². The molecule has 0 bridgehead atoms. The first kappa shape index (κ1) is 15.3. The van der Waals surface area contributed by atoms with Crippen LogP contribution < -0.4 is 0 Å². The van der Waals surface area contributed by atoms with E-state index in [4.69, 9.17) is 0 Å². The number of hydrogen-bond donors (Lipinski definition) is 0. The Balaban J connectivity index is 1.37. The number of hydrogen-bond acceptors (Lipinski definition) is 2. The van der Waals surface area contributed by atoms with E-state index < -0.39 is 0 Å². The highest BCUT2D eigenvalue weighted by Crippen LogP contribution is 2.33. The molecule has 4 nitrogen and oxygen atoms in total. The molecular formula is C19H29N3O. The first-order valence-corrected chi connectivity index (χ1v) is 9.25. The average molecular weight is 315 g/mol. The Morgan fingerprint density at radius 2 is 1.87 bits per heavy atom. The predicted molar refractivity (Wildman–Crippen MR) is 91.6 cm³/mol. The summed E-state index contributed by atoms with van der Waals surface area (Å²) in [5.41, 5.74) is 2.74. The minimum absolute atomic E-state index is 0.267. The third kappa shape index (κ3) is 2.82. The van der Waals surface area contributed by atoms with E-state index in [-0.39, 0.29) is 5.91 Å². The van der Waals surface area contributed by atoms with Gasteiger partial charge in [0.05, 0.1) is 5.56 Å². The molecule has 1 amide bonds. The van der Waals surface area contributed by atoms with E-state index in [0.717, 1.165) is 44.5 Å². The molecule has 4 heterocycles. The molecule has 2 saturated heterocycles. The molecule has 0 N–H and O–H groups in total. The zero-order valence-electron chi connectivity index (χ0n) is 14.6. The molecule has 126 valence electrons. The lowest BCUT2D eigenvalue weighted by Gasteiger charge is -2.51. The molecule has 1 aromatic rings. The maximum absolute atomic E-state index is 12.9. The van der Waals surface area contributed by atoms with Gasteiger partial charge in [0.25, 0.3) is 5.91 Å². The summed E-state index contributed by atoms with van der Waals surface area (Å²) in [6, 6.07) is 2.74. The topological polar surface area (TPSA) is 28.5 Å². The van der Waals surface area contributed by atoms with Gasteiger partial charge in [-0.25, -0.2) is 0 Å². The second-order valence-electron chi connectivity index (χ2n) is 8.42. The molecule has 0 saturated carbocycles. The monoisotopic (exact) mass is 315 g/mol. The minimum Gasteiger partial charge on any atom is -0.351 e. The van der Waals surface area contributed by atoms with E-state index in [9.17, 15) is 4.79 Å². The van der Waals surface area contributed by atoms with Crippen LogP contribution in [0, 0.1) is 5.41 Å². The van der Waals surface area contributed by atoms with Gasteiger partial charge in [-0.1, -0.05) is 13.8 Å². The van der Waals surface area contributed by atoms with E-state index in [2.05, 4.69) is 34.4 Å². The van der Waals surface area contributed by atoms with Gasteiger partial charge in [0.15, 0.2) is 0 Å². The smallest absolute Gasteiger partial charge is 0.255 e. The third-order valence-corrected chi connectivity index (χ3v) is 5.90. The number of fused-ring (bicyclic) bond motifs is 1. The zero-order valence-corrected chi connectivity index (χ0v) is 14.6. The van der Waals surface area contributed by atoms with Crippen LogP contribution in [-0.2, 0) is 13.0 Å². The van der Waals surface area contributed by atoms with Crippen LogP contribution in [0.5, 0.6) is 0 Å². The number of piperidine rings is 1. The molecule has 0 radical (unpaired) electrons. The quantitative estimate of drug-likeness (QED) is 0.839. The lowest BCUT2D eigenvalue weighted by atomic mass is 9.82. The molecule has 1 aromatic heterocycles. The summed E-state index contributed by atoms with van der Waals surface area (Å²) in [6.07, 6.45) is 7.91. The SMILES string of the molecule is CC1(C)CN(C2CCN(C(=O)c3ccn4c3CCCC4)CC2)C1. The summed E-state index contributed by atoms with van der Waals surface area (Å²) >= 11 is 0. The van der Waals surface area contributed by atoms with E-state index in [1.54, 1.807) is 0 Å². The minimum atomic E-state index is 0.267. The normalized spacial score (nSPS) is 25.0. The highest BCUT2D eigenvalue weighted by atomic mass is 16.2. The third-order valence-electron chi connectivity index (χ3n) is 5.90. The fourth-order valence-corrected chi connectivity index (χ4v) is 4.68. The Kier molecular flexibility index (Phi) is 3.75. The first-order valence-electron chi connectivity index (χ1n) is 9.25. The van der Waals surface area contributed by atoms with Gasteiger partial charge in [0.1, 0.15) is 0 Å². The fraction of sp³-hybridized carbons (Fsp3) is 0.737. The van der Waals surface area contributed by atoms with Crippen LogP contribution in [0.25, 0.3) is 0 Å². The van der Waals surface area contributed by atoms with Crippen molar-refractivity contribution in [2.24, 2.45) is 5.41 Å². The van der Waals surface area contributed by atoms with Crippen molar-refractivity contribution in [3.8, 4) is 0 Å². The largest absolute Gasteiger partial charge is 0.351 e. The van der Waals surface area contributed by atoms with Crippen LogP contribution >= 0.6 is 0 Å². The number of nitrogens with zero attached hydrogens (tertiary/aromatic N) is 3. The summed E-state index contributed by atoms with van der Waals surface area (Å²) in [4.78, 5) is 17.6. The molecule has 23 heavy (non-hydrogen) atoms. The van der Waals surface area contributed by atoms with Crippen LogP contribution in [-0.4, -0.2) is 52.5 Å². The molecule has 4 heteroatoms. The average Bonchev–Trinajstić information content (AvgIpc) is 2.96. The lowest BCUT2D eigenvalue weighted by molar-refractivity contribution is -0.0249. The van der Waals surface area contributed by atoms with Gasteiger partial charge in [-0.2, -0.15) is 0 Å². The number of amides is 1. The summed E-state index contributed by atoms with van der Waals surface area (Å²) in [7, 11) is 0. The van der Waals surface area contributed by atoms with E-state index in [1.807, 2.05) is 6.07 Å². The molecular weight excluding hydrogens is 286 g/mol. The van der Waals surface area contributed by atoms with Crippen LogP contribution in [0.3, 0.4) is 0 Å². The number of likely N-dealkylation sites (tertiary alicyclic amines) is 2. The lowest BCUT2D eigenvalue weighted by Crippen LogP contribution is -2.59. The van der Waals surface area contributed by atoms with Crippen molar-refractivity contribution in [1.29, 1.82) is 0 Å². The highest BCUT2D eigenvalue weighted by molar-refractivity contribution is 5.95. The van der Waals surface area contributed by atoms with Crippen molar-refractivity contribution >= 4 is 5.91 Å². The Morgan fingerprint density at radius 1 is 1.13 bits per heavy atom. The predicted octanol–water partition coefficient (Wildman–Crippen LogP) is 2.77. The zero-order chi connectivity index (χ0) is 16.0.